The Kier molecular flexibility index (Phi) is 5.35. The first-order chi connectivity index (χ1) is 13.3. The lowest BCUT2D eigenvalue weighted by Crippen LogP contribution is -2.41. The number of hydrogen-bond acceptors (Lipinski definition) is 6. The zero-order valence-electron chi connectivity index (χ0n) is 17.2. The quantitative estimate of drug-likeness (QED) is 0.738. The van der Waals surface area contributed by atoms with Crippen molar-refractivity contribution in [3.63, 3.8) is 0 Å². The Bertz CT molecular complexity index is 820. The SMILES string of the molecule is CC1(C)OB(c2ccc3nc(OCCN4CCOCC4)ccc3c2)OC1(C)C. The first kappa shape index (κ1) is 19.6. The monoisotopic (exact) mass is 384 g/mol. The van der Waals surface area contributed by atoms with Crippen LogP contribution in [0.1, 0.15) is 27.7 Å². The highest BCUT2D eigenvalue weighted by Crippen LogP contribution is 2.36. The minimum atomic E-state index is -0.362. The Balaban J connectivity index is 1.41. The molecule has 2 saturated heterocycles. The number of pyridine rings is 1. The summed E-state index contributed by atoms with van der Waals surface area (Å²) in [5, 5.41) is 1.05. The Morgan fingerprint density at radius 1 is 1.04 bits per heavy atom. The van der Waals surface area contributed by atoms with Crippen LogP contribution in [0.3, 0.4) is 0 Å². The molecule has 0 atom stereocenters. The summed E-state index contributed by atoms with van der Waals surface area (Å²) in [5.74, 6) is 0.657. The van der Waals surface area contributed by atoms with E-state index in [2.05, 4.69) is 43.6 Å². The molecule has 4 rings (SSSR count). The summed E-state index contributed by atoms with van der Waals surface area (Å²) in [6.07, 6.45) is 0. The van der Waals surface area contributed by atoms with E-state index in [4.69, 9.17) is 18.8 Å². The van der Waals surface area contributed by atoms with Crippen LogP contribution < -0.4 is 10.2 Å². The van der Waals surface area contributed by atoms with Crippen molar-refractivity contribution in [1.82, 2.24) is 9.88 Å². The summed E-state index contributed by atoms with van der Waals surface area (Å²) >= 11 is 0. The number of morpholine rings is 1. The van der Waals surface area contributed by atoms with Gasteiger partial charge in [-0.05, 0) is 45.3 Å². The number of nitrogens with zero attached hydrogens (tertiary/aromatic N) is 2. The molecule has 28 heavy (non-hydrogen) atoms. The highest BCUT2D eigenvalue weighted by atomic mass is 16.7. The van der Waals surface area contributed by atoms with Gasteiger partial charge in [0, 0.05) is 31.1 Å². The molecule has 0 radical (unpaired) electrons. The number of rotatable bonds is 5. The van der Waals surface area contributed by atoms with Gasteiger partial charge in [-0.3, -0.25) is 4.90 Å². The van der Waals surface area contributed by atoms with Crippen molar-refractivity contribution in [3.8, 4) is 5.88 Å². The van der Waals surface area contributed by atoms with E-state index in [1.807, 2.05) is 24.3 Å². The van der Waals surface area contributed by atoms with Crippen LogP contribution in [0.15, 0.2) is 30.3 Å². The van der Waals surface area contributed by atoms with Crippen molar-refractivity contribution in [1.29, 1.82) is 0 Å². The zero-order chi connectivity index (χ0) is 19.8. The Morgan fingerprint density at radius 2 is 1.75 bits per heavy atom. The van der Waals surface area contributed by atoms with E-state index in [9.17, 15) is 0 Å². The Hall–Kier alpha value is -1.67. The molecular formula is C21H29BN2O4. The first-order valence-corrected chi connectivity index (χ1v) is 10.0. The zero-order valence-corrected chi connectivity index (χ0v) is 17.2. The molecule has 6 nitrogen and oxygen atoms in total. The van der Waals surface area contributed by atoms with Crippen molar-refractivity contribution in [2.75, 3.05) is 39.5 Å². The molecule has 2 fully saturated rings. The third-order valence-corrected chi connectivity index (χ3v) is 5.97. The maximum absolute atomic E-state index is 6.15. The first-order valence-electron chi connectivity index (χ1n) is 10.0. The molecule has 3 heterocycles. The number of fused-ring (bicyclic) bond motifs is 1. The molecular weight excluding hydrogens is 355 g/mol. The van der Waals surface area contributed by atoms with Gasteiger partial charge in [-0.25, -0.2) is 4.98 Å². The van der Waals surface area contributed by atoms with Crippen LogP contribution in [0.25, 0.3) is 10.9 Å². The van der Waals surface area contributed by atoms with Gasteiger partial charge in [-0.2, -0.15) is 0 Å². The fourth-order valence-electron chi connectivity index (χ4n) is 3.44. The standard InChI is InChI=1S/C21H29BN2O4/c1-20(2)21(3,4)28-22(27-20)17-6-7-18-16(15-17)5-8-19(23-18)26-14-11-24-9-12-25-13-10-24/h5-8,15H,9-14H2,1-4H3. The normalized spacial score (nSPS) is 21.9. The smallest absolute Gasteiger partial charge is 0.476 e. The number of hydrogen-bond donors (Lipinski definition) is 0. The van der Waals surface area contributed by atoms with E-state index in [0.717, 1.165) is 49.2 Å². The van der Waals surface area contributed by atoms with Gasteiger partial charge < -0.3 is 18.8 Å². The van der Waals surface area contributed by atoms with Gasteiger partial charge in [0.2, 0.25) is 5.88 Å². The van der Waals surface area contributed by atoms with Gasteiger partial charge >= 0.3 is 7.12 Å². The third kappa shape index (κ3) is 4.03. The van der Waals surface area contributed by atoms with E-state index in [1.54, 1.807) is 0 Å². The average Bonchev–Trinajstić information content (AvgIpc) is 2.89. The maximum Gasteiger partial charge on any atom is 0.494 e. The molecule has 0 aliphatic carbocycles. The van der Waals surface area contributed by atoms with Crippen molar-refractivity contribution < 1.29 is 18.8 Å². The second-order valence-corrected chi connectivity index (χ2v) is 8.49. The highest BCUT2D eigenvalue weighted by molar-refractivity contribution is 6.62. The van der Waals surface area contributed by atoms with E-state index < -0.39 is 0 Å². The van der Waals surface area contributed by atoms with Gasteiger partial charge in [0.25, 0.3) is 0 Å². The molecule has 1 aromatic carbocycles. The summed E-state index contributed by atoms with van der Waals surface area (Å²) < 4.78 is 23.5. The van der Waals surface area contributed by atoms with Gasteiger partial charge in [0.05, 0.1) is 29.9 Å². The van der Waals surface area contributed by atoms with E-state index in [1.165, 1.54) is 0 Å². The van der Waals surface area contributed by atoms with Crippen molar-refractivity contribution >= 4 is 23.5 Å². The largest absolute Gasteiger partial charge is 0.494 e. The summed E-state index contributed by atoms with van der Waals surface area (Å²) in [4.78, 5) is 6.98. The molecule has 150 valence electrons. The lowest BCUT2D eigenvalue weighted by molar-refractivity contribution is 0.00578. The lowest BCUT2D eigenvalue weighted by atomic mass is 9.78. The van der Waals surface area contributed by atoms with E-state index in [-0.39, 0.29) is 18.3 Å². The molecule has 0 amide bonds. The van der Waals surface area contributed by atoms with Gasteiger partial charge in [0.15, 0.2) is 0 Å². The molecule has 2 aliphatic rings. The van der Waals surface area contributed by atoms with E-state index in [0.29, 0.717) is 12.5 Å². The van der Waals surface area contributed by atoms with Crippen LogP contribution in [-0.4, -0.2) is 67.7 Å². The molecule has 0 unspecified atom stereocenters. The second kappa shape index (κ2) is 7.63. The van der Waals surface area contributed by atoms with Crippen molar-refractivity contribution in [2.24, 2.45) is 0 Å². The van der Waals surface area contributed by atoms with Crippen LogP contribution in [0, 0.1) is 0 Å². The third-order valence-electron chi connectivity index (χ3n) is 5.97. The molecule has 0 bridgehead atoms. The van der Waals surface area contributed by atoms with Crippen LogP contribution in [0.4, 0.5) is 0 Å². The minimum absolute atomic E-state index is 0.344. The fraction of sp³-hybridized carbons (Fsp3) is 0.571. The Morgan fingerprint density at radius 3 is 2.46 bits per heavy atom. The molecule has 2 aliphatic heterocycles. The molecule has 0 N–H and O–H groups in total. The summed E-state index contributed by atoms with van der Waals surface area (Å²) in [5.41, 5.74) is 1.23. The van der Waals surface area contributed by atoms with Crippen LogP contribution in [0.2, 0.25) is 0 Å². The van der Waals surface area contributed by atoms with Crippen molar-refractivity contribution in [3.05, 3.63) is 30.3 Å². The molecule has 0 saturated carbocycles. The average molecular weight is 384 g/mol. The summed E-state index contributed by atoms with van der Waals surface area (Å²) in [6.45, 7) is 13.3. The number of ether oxygens (including phenoxy) is 2. The topological polar surface area (TPSA) is 53.1 Å². The predicted molar refractivity (Wildman–Crippen MR) is 110 cm³/mol. The van der Waals surface area contributed by atoms with Crippen molar-refractivity contribution in [2.45, 2.75) is 38.9 Å². The fourth-order valence-corrected chi connectivity index (χ4v) is 3.44. The number of benzene rings is 1. The summed E-state index contributed by atoms with van der Waals surface area (Å²) in [6, 6.07) is 10.1. The molecule has 2 aromatic rings. The predicted octanol–water partition coefficient (Wildman–Crippen LogP) is 2.24. The minimum Gasteiger partial charge on any atom is -0.476 e. The number of aromatic nitrogens is 1. The highest BCUT2D eigenvalue weighted by Gasteiger charge is 2.51. The van der Waals surface area contributed by atoms with Crippen LogP contribution in [0.5, 0.6) is 5.88 Å². The van der Waals surface area contributed by atoms with Gasteiger partial charge in [0.1, 0.15) is 6.61 Å². The maximum atomic E-state index is 6.15. The van der Waals surface area contributed by atoms with Crippen LogP contribution in [-0.2, 0) is 14.0 Å². The molecule has 1 aromatic heterocycles. The molecule has 0 spiro atoms. The molecule has 7 heteroatoms. The second-order valence-electron chi connectivity index (χ2n) is 8.49. The van der Waals surface area contributed by atoms with Gasteiger partial charge in [-0.1, -0.05) is 12.1 Å². The van der Waals surface area contributed by atoms with Crippen LogP contribution >= 0.6 is 0 Å². The Labute approximate surface area is 167 Å². The lowest BCUT2D eigenvalue weighted by Gasteiger charge is -2.32. The summed E-state index contributed by atoms with van der Waals surface area (Å²) in [7, 11) is -0.362. The van der Waals surface area contributed by atoms with E-state index >= 15 is 0 Å². The van der Waals surface area contributed by atoms with Gasteiger partial charge in [-0.15, -0.1) is 0 Å².